The summed E-state index contributed by atoms with van der Waals surface area (Å²) in [6.45, 7) is 0. The van der Waals surface area contributed by atoms with Crippen molar-refractivity contribution >= 4 is 29.0 Å². The van der Waals surface area contributed by atoms with Gasteiger partial charge in [0.15, 0.2) is 0 Å². The highest BCUT2D eigenvalue weighted by atomic mass is 35.5. The molecular weight excluding hydrogens is 264 g/mol. The first-order chi connectivity index (χ1) is 9.16. The summed E-state index contributed by atoms with van der Waals surface area (Å²) in [4.78, 5) is 23.4. The van der Waals surface area contributed by atoms with Crippen LogP contribution in [0.2, 0.25) is 5.02 Å². The first-order valence-corrected chi connectivity index (χ1v) is 5.96. The molecule has 0 heterocycles. The molecule has 4 nitrogen and oxygen atoms in total. The van der Waals surface area contributed by atoms with E-state index in [9.17, 15) is 9.59 Å². The second kappa shape index (κ2) is 6.02. The smallest absolute Gasteiger partial charge is 0.298 e. The van der Waals surface area contributed by atoms with Crippen LogP contribution >= 0.6 is 11.6 Å². The Balaban J connectivity index is 1.95. The summed E-state index contributed by atoms with van der Waals surface area (Å²) in [5, 5.41) is 0.595. The maximum Gasteiger partial charge on any atom is 0.310 e. The fraction of sp³-hybridized carbons (Fsp3) is 0. The van der Waals surface area contributed by atoms with Crippen LogP contribution in [0.5, 0.6) is 0 Å². The van der Waals surface area contributed by atoms with Crippen LogP contribution in [0.15, 0.2) is 54.6 Å². The number of benzene rings is 2. The molecule has 0 spiro atoms. The van der Waals surface area contributed by atoms with Crippen LogP contribution in [-0.4, -0.2) is 11.7 Å². The maximum absolute atomic E-state index is 11.7. The number of halogens is 1. The lowest BCUT2D eigenvalue weighted by Gasteiger charge is -2.07. The van der Waals surface area contributed by atoms with Crippen molar-refractivity contribution in [3.8, 4) is 0 Å². The van der Waals surface area contributed by atoms with Crippen LogP contribution in [0.1, 0.15) is 10.4 Å². The lowest BCUT2D eigenvalue weighted by atomic mass is 10.1. The number of nitrogens with one attached hydrogen (secondary N) is 2. The standard InChI is InChI=1S/C14H11ClN2O2/c15-11-6-8-12(9-7-11)16-17-14(19)13(18)10-4-2-1-3-5-10/h1-9,16H,(H,17,19). The van der Waals surface area contributed by atoms with Gasteiger partial charge in [-0.2, -0.15) is 0 Å². The summed E-state index contributed by atoms with van der Waals surface area (Å²) < 4.78 is 0. The average Bonchev–Trinajstić information content (AvgIpc) is 2.46. The number of Topliss-reactive ketones (excluding diaryl/α,β-unsaturated/α-hetero) is 1. The zero-order valence-electron chi connectivity index (χ0n) is 9.89. The zero-order valence-corrected chi connectivity index (χ0v) is 10.6. The Morgan fingerprint density at radius 3 is 2.16 bits per heavy atom. The van der Waals surface area contributed by atoms with Crippen molar-refractivity contribution in [3.05, 3.63) is 65.2 Å². The molecule has 0 atom stereocenters. The second-order valence-corrected chi connectivity index (χ2v) is 4.22. The molecule has 0 saturated carbocycles. The van der Waals surface area contributed by atoms with Gasteiger partial charge in [-0.1, -0.05) is 41.9 Å². The highest BCUT2D eigenvalue weighted by molar-refractivity contribution is 6.42. The zero-order chi connectivity index (χ0) is 13.7. The molecule has 0 aliphatic heterocycles. The average molecular weight is 275 g/mol. The first kappa shape index (κ1) is 13.1. The van der Waals surface area contributed by atoms with Crippen molar-refractivity contribution < 1.29 is 9.59 Å². The molecule has 0 aromatic heterocycles. The fourth-order valence-corrected chi connectivity index (χ4v) is 1.57. The van der Waals surface area contributed by atoms with E-state index in [1.807, 2.05) is 0 Å². The fourth-order valence-electron chi connectivity index (χ4n) is 1.44. The summed E-state index contributed by atoms with van der Waals surface area (Å²) >= 11 is 5.74. The number of carbonyl (C=O) groups is 2. The summed E-state index contributed by atoms with van der Waals surface area (Å²) in [6, 6.07) is 15.1. The third-order valence-electron chi connectivity index (χ3n) is 2.41. The van der Waals surface area contributed by atoms with Crippen LogP contribution in [0, 0.1) is 0 Å². The minimum absolute atomic E-state index is 0.345. The molecule has 0 aliphatic rings. The number of carbonyl (C=O) groups excluding carboxylic acids is 2. The lowest BCUT2D eigenvalue weighted by molar-refractivity contribution is -0.116. The van der Waals surface area contributed by atoms with Gasteiger partial charge in [0.05, 0.1) is 5.69 Å². The monoisotopic (exact) mass is 274 g/mol. The molecule has 0 aliphatic carbocycles. The first-order valence-electron chi connectivity index (χ1n) is 5.58. The number of anilines is 1. The van der Waals surface area contributed by atoms with Crippen LogP contribution < -0.4 is 10.9 Å². The summed E-state index contributed by atoms with van der Waals surface area (Å²) in [5.74, 6) is -1.32. The Morgan fingerprint density at radius 1 is 0.895 bits per heavy atom. The number of rotatable bonds is 4. The van der Waals surface area contributed by atoms with E-state index in [1.54, 1.807) is 54.6 Å². The molecule has 2 aromatic rings. The molecule has 2 aromatic carbocycles. The Kier molecular flexibility index (Phi) is 4.15. The van der Waals surface area contributed by atoms with Crippen molar-refractivity contribution in [3.63, 3.8) is 0 Å². The quantitative estimate of drug-likeness (QED) is 0.512. The van der Waals surface area contributed by atoms with Gasteiger partial charge in [-0.25, -0.2) is 0 Å². The van der Waals surface area contributed by atoms with Crippen LogP contribution in [0.3, 0.4) is 0 Å². The van der Waals surface area contributed by atoms with E-state index in [2.05, 4.69) is 10.9 Å². The van der Waals surface area contributed by atoms with Gasteiger partial charge >= 0.3 is 5.91 Å². The van der Waals surface area contributed by atoms with Gasteiger partial charge in [0.1, 0.15) is 0 Å². The topological polar surface area (TPSA) is 58.2 Å². The number of hydrogen-bond acceptors (Lipinski definition) is 3. The number of ketones is 1. The van der Waals surface area contributed by atoms with Gasteiger partial charge in [0, 0.05) is 10.6 Å². The van der Waals surface area contributed by atoms with E-state index in [0.717, 1.165) is 0 Å². The molecule has 0 unspecified atom stereocenters. The second-order valence-electron chi connectivity index (χ2n) is 3.78. The molecular formula is C14H11ClN2O2. The predicted octanol–water partition coefficient (Wildman–Crippen LogP) is 2.67. The van der Waals surface area contributed by atoms with Crippen molar-refractivity contribution in [2.24, 2.45) is 0 Å². The molecule has 5 heteroatoms. The minimum atomic E-state index is -0.721. The van der Waals surface area contributed by atoms with Crippen LogP contribution in [-0.2, 0) is 4.79 Å². The molecule has 96 valence electrons. The van der Waals surface area contributed by atoms with Gasteiger partial charge in [-0.3, -0.25) is 20.4 Å². The maximum atomic E-state index is 11.7. The van der Waals surface area contributed by atoms with Gasteiger partial charge in [0.2, 0.25) is 0 Å². The highest BCUT2D eigenvalue weighted by Gasteiger charge is 2.14. The largest absolute Gasteiger partial charge is 0.310 e. The van der Waals surface area contributed by atoms with E-state index in [0.29, 0.717) is 16.3 Å². The van der Waals surface area contributed by atoms with Crippen molar-refractivity contribution in [2.75, 3.05) is 5.43 Å². The third kappa shape index (κ3) is 3.56. The molecule has 1 amide bonds. The normalized spacial score (nSPS) is 9.74. The SMILES string of the molecule is O=C(NNc1ccc(Cl)cc1)C(=O)c1ccccc1. The molecule has 2 rings (SSSR count). The van der Waals surface area contributed by atoms with Gasteiger partial charge in [-0.05, 0) is 24.3 Å². The van der Waals surface area contributed by atoms with Crippen molar-refractivity contribution in [2.45, 2.75) is 0 Å². The summed E-state index contributed by atoms with van der Waals surface area (Å²) in [5.41, 5.74) is 5.96. The molecule has 2 N–H and O–H groups in total. The Morgan fingerprint density at radius 2 is 1.53 bits per heavy atom. The number of hydrogen-bond donors (Lipinski definition) is 2. The highest BCUT2D eigenvalue weighted by Crippen LogP contribution is 2.12. The van der Waals surface area contributed by atoms with E-state index in [4.69, 9.17) is 11.6 Å². The van der Waals surface area contributed by atoms with E-state index in [-0.39, 0.29) is 0 Å². The van der Waals surface area contributed by atoms with Crippen LogP contribution in [0.4, 0.5) is 5.69 Å². The van der Waals surface area contributed by atoms with Crippen molar-refractivity contribution in [1.82, 2.24) is 5.43 Å². The van der Waals surface area contributed by atoms with Gasteiger partial charge in [0.25, 0.3) is 5.78 Å². The Labute approximate surface area is 115 Å². The molecule has 0 bridgehead atoms. The number of hydrazine groups is 1. The van der Waals surface area contributed by atoms with Gasteiger partial charge in [-0.15, -0.1) is 0 Å². The third-order valence-corrected chi connectivity index (χ3v) is 2.66. The minimum Gasteiger partial charge on any atom is -0.298 e. The van der Waals surface area contributed by atoms with Gasteiger partial charge < -0.3 is 0 Å². The number of amides is 1. The van der Waals surface area contributed by atoms with E-state index >= 15 is 0 Å². The van der Waals surface area contributed by atoms with Crippen molar-refractivity contribution in [1.29, 1.82) is 0 Å². The Bertz CT molecular complexity index is 582. The molecule has 0 saturated heterocycles. The van der Waals surface area contributed by atoms with Crippen LogP contribution in [0.25, 0.3) is 0 Å². The van der Waals surface area contributed by atoms with E-state index < -0.39 is 11.7 Å². The molecule has 0 radical (unpaired) electrons. The molecule has 19 heavy (non-hydrogen) atoms. The lowest BCUT2D eigenvalue weighted by Crippen LogP contribution is -2.35. The summed E-state index contributed by atoms with van der Waals surface area (Å²) in [7, 11) is 0. The summed E-state index contributed by atoms with van der Waals surface area (Å²) in [6.07, 6.45) is 0. The predicted molar refractivity (Wildman–Crippen MR) is 74.0 cm³/mol. The van der Waals surface area contributed by atoms with E-state index in [1.165, 1.54) is 0 Å². The molecule has 0 fully saturated rings. The Hall–Kier alpha value is -2.33.